The Balaban J connectivity index is 1.65. The minimum absolute atomic E-state index is 0.0512. The summed E-state index contributed by atoms with van der Waals surface area (Å²) in [4.78, 5) is 37.1. The lowest BCUT2D eigenvalue weighted by molar-refractivity contribution is -0.137. The number of nitrogens with one attached hydrogen (secondary N) is 3. The number of aliphatic carboxylic acids is 1. The molecule has 4 rings (SSSR count). The van der Waals surface area contributed by atoms with Crippen molar-refractivity contribution in [2.24, 2.45) is 0 Å². The summed E-state index contributed by atoms with van der Waals surface area (Å²) in [5.41, 5.74) is 1.81. The standard InChI is InChI=1S/C26H31N9O5/c1-26(2,3)32-25(38)31-23-20(15-8-18(39-4)11-19(9-15)40-5)10-16-12-27-24(30-22(16)29-23)28-13-17-14-35(34-33-17)7-6-21(36)37/h8-12,14H,6-7,13H2,1-5H3,(H,36,37)(H3,27,28,29,30,31,32,38). The first kappa shape index (κ1) is 28.0. The lowest BCUT2D eigenvalue weighted by Crippen LogP contribution is -2.43. The lowest BCUT2D eigenvalue weighted by Gasteiger charge is -2.21. The Morgan fingerprint density at radius 2 is 1.77 bits per heavy atom. The number of amides is 2. The van der Waals surface area contributed by atoms with Crippen molar-refractivity contribution < 1.29 is 24.2 Å². The zero-order chi connectivity index (χ0) is 28.9. The Morgan fingerprint density at radius 3 is 2.42 bits per heavy atom. The van der Waals surface area contributed by atoms with Crippen molar-refractivity contribution in [1.29, 1.82) is 0 Å². The summed E-state index contributed by atoms with van der Waals surface area (Å²) in [5.74, 6) is 0.827. The zero-order valence-corrected chi connectivity index (χ0v) is 22.8. The van der Waals surface area contributed by atoms with Crippen LogP contribution in [0.5, 0.6) is 11.5 Å². The predicted octanol–water partition coefficient (Wildman–Crippen LogP) is 3.31. The highest BCUT2D eigenvalue weighted by molar-refractivity contribution is 5.96. The number of methoxy groups -OCH3 is 2. The molecule has 0 radical (unpaired) electrons. The predicted molar refractivity (Wildman–Crippen MR) is 147 cm³/mol. The van der Waals surface area contributed by atoms with E-state index in [1.807, 2.05) is 39.0 Å². The van der Waals surface area contributed by atoms with E-state index in [0.717, 1.165) is 0 Å². The molecule has 210 valence electrons. The molecule has 0 aliphatic heterocycles. The third-order valence-corrected chi connectivity index (χ3v) is 5.52. The van der Waals surface area contributed by atoms with Crippen molar-refractivity contribution in [3.8, 4) is 22.6 Å². The van der Waals surface area contributed by atoms with Gasteiger partial charge in [0, 0.05) is 28.8 Å². The maximum Gasteiger partial charge on any atom is 0.320 e. The average Bonchev–Trinajstić information content (AvgIpc) is 3.36. The van der Waals surface area contributed by atoms with Gasteiger partial charge in [0.2, 0.25) is 5.95 Å². The van der Waals surface area contributed by atoms with Gasteiger partial charge in [0.25, 0.3) is 0 Å². The van der Waals surface area contributed by atoms with Crippen LogP contribution < -0.4 is 25.4 Å². The van der Waals surface area contributed by atoms with E-state index in [-0.39, 0.29) is 25.3 Å². The number of pyridine rings is 1. The number of rotatable bonds is 10. The zero-order valence-electron chi connectivity index (χ0n) is 22.8. The minimum atomic E-state index is -0.911. The SMILES string of the molecule is COc1cc(OC)cc(-c2cc3cnc(NCc4cn(CCC(=O)O)nn4)nc3nc2NC(=O)NC(C)(C)C)c1. The van der Waals surface area contributed by atoms with Crippen LogP contribution in [0.4, 0.5) is 16.6 Å². The van der Waals surface area contributed by atoms with Crippen LogP contribution in [0.25, 0.3) is 22.2 Å². The molecule has 0 saturated heterocycles. The van der Waals surface area contributed by atoms with Crippen LogP contribution in [0, 0.1) is 0 Å². The summed E-state index contributed by atoms with van der Waals surface area (Å²) in [6.45, 7) is 6.12. The van der Waals surface area contributed by atoms with E-state index < -0.39 is 17.5 Å². The normalized spacial score (nSPS) is 11.2. The molecule has 2 amide bonds. The number of benzene rings is 1. The van der Waals surface area contributed by atoms with Crippen LogP contribution in [0.15, 0.2) is 36.7 Å². The Hall–Kier alpha value is -5.01. The molecule has 14 nitrogen and oxygen atoms in total. The van der Waals surface area contributed by atoms with Crippen LogP contribution >= 0.6 is 0 Å². The number of aryl methyl sites for hydroxylation is 1. The highest BCUT2D eigenvalue weighted by Crippen LogP contribution is 2.35. The van der Waals surface area contributed by atoms with Gasteiger partial charge >= 0.3 is 12.0 Å². The number of fused-ring (bicyclic) bond motifs is 1. The molecule has 14 heteroatoms. The molecule has 40 heavy (non-hydrogen) atoms. The quantitative estimate of drug-likeness (QED) is 0.228. The number of nitrogens with zero attached hydrogens (tertiary/aromatic N) is 6. The average molecular weight is 550 g/mol. The summed E-state index contributed by atoms with van der Waals surface area (Å²) in [6.07, 6.45) is 3.23. The molecule has 0 bridgehead atoms. The fourth-order valence-corrected chi connectivity index (χ4v) is 3.71. The fraction of sp³-hybridized carbons (Fsp3) is 0.346. The first-order chi connectivity index (χ1) is 19.0. The molecule has 3 aromatic heterocycles. The molecule has 0 aliphatic rings. The summed E-state index contributed by atoms with van der Waals surface area (Å²) in [6, 6.07) is 6.80. The number of ether oxygens (including phenoxy) is 2. The topological polar surface area (TPSA) is 178 Å². The second-order valence-electron chi connectivity index (χ2n) is 9.89. The van der Waals surface area contributed by atoms with Crippen LogP contribution in [-0.2, 0) is 17.9 Å². The highest BCUT2D eigenvalue weighted by atomic mass is 16.5. The Morgan fingerprint density at radius 1 is 1.05 bits per heavy atom. The fourth-order valence-electron chi connectivity index (χ4n) is 3.71. The van der Waals surface area contributed by atoms with Crippen LogP contribution in [0.3, 0.4) is 0 Å². The third-order valence-electron chi connectivity index (χ3n) is 5.52. The van der Waals surface area contributed by atoms with E-state index in [1.54, 1.807) is 32.7 Å². The maximum absolute atomic E-state index is 12.8. The molecule has 0 saturated carbocycles. The van der Waals surface area contributed by atoms with Gasteiger partial charge in [-0.3, -0.25) is 14.8 Å². The number of carboxylic acid groups (broad SMARTS) is 1. The van der Waals surface area contributed by atoms with Crippen molar-refractivity contribution >= 4 is 34.8 Å². The van der Waals surface area contributed by atoms with E-state index in [2.05, 4.69) is 41.2 Å². The van der Waals surface area contributed by atoms with Crippen LogP contribution in [0.2, 0.25) is 0 Å². The van der Waals surface area contributed by atoms with E-state index in [9.17, 15) is 9.59 Å². The van der Waals surface area contributed by atoms with E-state index in [0.29, 0.717) is 45.3 Å². The molecule has 3 heterocycles. The first-order valence-electron chi connectivity index (χ1n) is 12.4. The first-order valence-corrected chi connectivity index (χ1v) is 12.4. The molecule has 4 aromatic rings. The number of anilines is 2. The number of hydrogen-bond acceptors (Lipinski definition) is 10. The van der Waals surface area contributed by atoms with Crippen molar-refractivity contribution in [2.75, 3.05) is 24.9 Å². The second-order valence-corrected chi connectivity index (χ2v) is 9.89. The summed E-state index contributed by atoms with van der Waals surface area (Å²) in [7, 11) is 3.12. The summed E-state index contributed by atoms with van der Waals surface area (Å²) < 4.78 is 12.3. The van der Waals surface area contributed by atoms with Gasteiger partial charge in [0.15, 0.2) is 5.65 Å². The molecule has 0 aliphatic carbocycles. The van der Waals surface area contributed by atoms with E-state index in [1.165, 1.54) is 4.68 Å². The molecule has 0 fully saturated rings. The van der Waals surface area contributed by atoms with E-state index >= 15 is 0 Å². The van der Waals surface area contributed by atoms with E-state index in [4.69, 9.17) is 14.6 Å². The third kappa shape index (κ3) is 7.30. The minimum Gasteiger partial charge on any atom is -0.497 e. The summed E-state index contributed by atoms with van der Waals surface area (Å²) >= 11 is 0. The largest absolute Gasteiger partial charge is 0.497 e. The van der Waals surface area contributed by atoms with Gasteiger partial charge in [-0.1, -0.05) is 5.21 Å². The van der Waals surface area contributed by atoms with Gasteiger partial charge in [-0.25, -0.2) is 14.8 Å². The molecule has 4 N–H and O–H groups in total. The smallest absolute Gasteiger partial charge is 0.320 e. The number of hydrogen-bond donors (Lipinski definition) is 4. The molecule has 0 spiro atoms. The molecule has 0 atom stereocenters. The van der Waals surface area contributed by atoms with Crippen LogP contribution in [0.1, 0.15) is 32.9 Å². The van der Waals surface area contributed by atoms with Crippen molar-refractivity contribution in [2.45, 2.75) is 45.8 Å². The molecule has 1 aromatic carbocycles. The molecule has 0 unspecified atom stereocenters. The number of aromatic nitrogens is 6. The number of carboxylic acids is 1. The second kappa shape index (κ2) is 11.8. The number of carbonyl (C=O) groups is 2. The monoisotopic (exact) mass is 549 g/mol. The Labute approximate surface area is 230 Å². The molecular formula is C26H31N9O5. The maximum atomic E-state index is 12.8. The lowest BCUT2D eigenvalue weighted by atomic mass is 10.0. The van der Waals surface area contributed by atoms with Crippen molar-refractivity contribution in [1.82, 2.24) is 35.3 Å². The molecular weight excluding hydrogens is 518 g/mol. The van der Waals surface area contributed by atoms with Gasteiger partial charge in [-0.05, 0) is 44.5 Å². The summed E-state index contributed by atoms with van der Waals surface area (Å²) in [5, 5.41) is 26.2. The highest BCUT2D eigenvalue weighted by Gasteiger charge is 2.19. The Kier molecular flexibility index (Phi) is 8.26. The van der Waals surface area contributed by atoms with Gasteiger partial charge < -0.3 is 25.2 Å². The van der Waals surface area contributed by atoms with Gasteiger partial charge in [0.05, 0.1) is 39.9 Å². The van der Waals surface area contributed by atoms with Gasteiger partial charge in [-0.15, -0.1) is 5.10 Å². The van der Waals surface area contributed by atoms with Crippen molar-refractivity contribution in [3.05, 3.63) is 42.4 Å². The van der Waals surface area contributed by atoms with Gasteiger partial charge in [0.1, 0.15) is 23.0 Å². The van der Waals surface area contributed by atoms with Crippen molar-refractivity contribution in [3.63, 3.8) is 0 Å². The van der Waals surface area contributed by atoms with Gasteiger partial charge in [-0.2, -0.15) is 4.98 Å². The number of carbonyl (C=O) groups excluding carboxylic acids is 1. The van der Waals surface area contributed by atoms with Crippen LogP contribution in [-0.4, -0.2) is 66.8 Å². The number of urea groups is 1. The Bertz CT molecular complexity index is 1510.